The maximum Gasteiger partial charge on any atom is 0.228 e. The summed E-state index contributed by atoms with van der Waals surface area (Å²) in [5.74, 6) is -0.291. The van der Waals surface area contributed by atoms with Crippen molar-refractivity contribution in [1.29, 1.82) is 0 Å². The molecule has 0 bridgehead atoms. The summed E-state index contributed by atoms with van der Waals surface area (Å²) < 4.78 is 12.9. The molecule has 0 aromatic heterocycles. The van der Waals surface area contributed by atoms with E-state index in [0.717, 1.165) is 12.0 Å². The number of nitrogens with one attached hydrogen (secondary N) is 1. The fraction of sp³-hybridized carbons (Fsp3) is 0.188. The molecular weight excluding hydrogens is 312 g/mol. The predicted octanol–water partition coefficient (Wildman–Crippen LogP) is 4.87. The van der Waals surface area contributed by atoms with Crippen molar-refractivity contribution in [3.05, 3.63) is 63.9 Å². The van der Waals surface area contributed by atoms with Gasteiger partial charge in [0.25, 0.3) is 0 Å². The summed E-state index contributed by atoms with van der Waals surface area (Å²) in [5.41, 5.74) is 1.54. The standard InChI is InChI=1S/C16H12Cl2FNO/c17-10-3-6-15(14(18)7-10)20-16(21)13-8-12(13)9-1-4-11(19)5-2-9/h1-7,12-13H,8H2,(H,20,21). The normalized spacial score (nSPS) is 20.1. The molecule has 0 heterocycles. The maximum atomic E-state index is 12.9. The second kappa shape index (κ2) is 5.66. The number of carbonyl (C=O) groups is 1. The van der Waals surface area contributed by atoms with Crippen molar-refractivity contribution < 1.29 is 9.18 Å². The molecule has 2 aromatic rings. The van der Waals surface area contributed by atoms with E-state index in [4.69, 9.17) is 23.2 Å². The molecule has 1 amide bonds. The van der Waals surface area contributed by atoms with Crippen molar-refractivity contribution in [3.8, 4) is 0 Å². The zero-order valence-electron chi connectivity index (χ0n) is 10.9. The molecule has 0 saturated heterocycles. The predicted molar refractivity (Wildman–Crippen MR) is 82.3 cm³/mol. The Balaban J connectivity index is 1.66. The number of rotatable bonds is 3. The first kappa shape index (κ1) is 14.4. The van der Waals surface area contributed by atoms with Gasteiger partial charge in [-0.25, -0.2) is 4.39 Å². The maximum absolute atomic E-state index is 12.9. The van der Waals surface area contributed by atoms with Crippen LogP contribution in [0.4, 0.5) is 10.1 Å². The van der Waals surface area contributed by atoms with Crippen LogP contribution in [-0.2, 0) is 4.79 Å². The number of anilines is 1. The molecule has 2 unspecified atom stereocenters. The Bertz CT molecular complexity index is 687. The zero-order chi connectivity index (χ0) is 15.0. The number of hydrogen-bond donors (Lipinski definition) is 1. The third-order valence-corrected chi connectivity index (χ3v) is 4.16. The molecule has 2 nitrogen and oxygen atoms in total. The Morgan fingerprint density at radius 3 is 2.52 bits per heavy atom. The third kappa shape index (κ3) is 3.20. The number of halogens is 3. The highest BCUT2D eigenvalue weighted by Crippen LogP contribution is 2.48. The largest absolute Gasteiger partial charge is 0.325 e. The van der Waals surface area contributed by atoms with Crippen LogP contribution in [0.2, 0.25) is 10.0 Å². The summed E-state index contributed by atoms with van der Waals surface area (Å²) >= 11 is 11.8. The summed E-state index contributed by atoms with van der Waals surface area (Å²) in [7, 11) is 0. The van der Waals surface area contributed by atoms with E-state index in [1.807, 2.05) is 0 Å². The molecular formula is C16H12Cl2FNO. The van der Waals surface area contributed by atoms with E-state index in [9.17, 15) is 9.18 Å². The average Bonchev–Trinajstić information content (AvgIpc) is 3.23. The smallest absolute Gasteiger partial charge is 0.228 e. The molecule has 1 saturated carbocycles. The Hall–Kier alpha value is -1.58. The second-order valence-corrected chi connectivity index (χ2v) is 5.96. The van der Waals surface area contributed by atoms with Crippen LogP contribution in [0, 0.1) is 11.7 Å². The van der Waals surface area contributed by atoms with Gasteiger partial charge < -0.3 is 5.32 Å². The molecule has 5 heteroatoms. The van der Waals surface area contributed by atoms with E-state index in [0.29, 0.717) is 15.7 Å². The lowest BCUT2D eigenvalue weighted by Gasteiger charge is -2.07. The molecule has 0 spiro atoms. The Kier molecular flexibility index (Phi) is 3.87. The first-order chi connectivity index (χ1) is 10.0. The van der Waals surface area contributed by atoms with Gasteiger partial charge in [0, 0.05) is 10.9 Å². The summed E-state index contributed by atoms with van der Waals surface area (Å²) in [5, 5.41) is 3.74. The summed E-state index contributed by atoms with van der Waals surface area (Å²) in [6.45, 7) is 0. The second-order valence-electron chi connectivity index (χ2n) is 5.11. The minimum absolute atomic E-state index is 0.0754. The quantitative estimate of drug-likeness (QED) is 0.857. The molecule has 1 aliphatic rings. The lowest BCUT2D eigenvalue weighted by atomic mass is 10.1. The fourth-order valence-electron chi connectivity index (χ4n) is 2.38. The third-order valence-electron chi connectivity index (χ3n) is 3.61. The molecule has 2 atom stereocenters. The highest BCUT2D eigenvalue weighted by molar-refractivity contribution is 6.36. The van der Waals surface area contributed by atoms with Crippen molar-refractivity contribution in [2.45, 2.75) is 12.3 Å². The van der Waals surface area contributed by atoms with E-state index in [1.54, 1.807) is 30.3 Å². The first-order valence-electron chi connectivity index (χ1n) is 6.56. The molecule has 1 fully saturated rings. The van der Waals surface area contributed by atoms with E-state index in [2.05, 4.69) is 5.32 Å². The van der Waals surface area contributed by atoms with Gasteiger partial charge in [-0.1, -0.05) is 35.3 Å². The highest BCUT2D eigenvalue weighted by Gasteiger charge is 2.44. The van der Waals surface area contributed by atoms with Crippen LogP contribution in [0.25, 0.3) is 0 Å². The van der Waals surface area contributed by atoms with Crippen molar-refractivity contribution in [2.75, 3.05) is 5.32 Å². The fourth-order valence-corrected chi connectivity index (χ4v) is 2.84. The van der Waals surface area contributed by atoms with Crippen LogP contribution in [0.15, 0.2) is 42.5 Å². The highest BCUT2D eigenvalue weighted by atomic mass is 35.5. The summed E-state index contributed by atoms with van der Waals surface area (Å²) in [6.07, 6.45) is 0.767. The Morgan fingerprint density at radius 2 is 1.86 bits per heavy atom. The zero-order valence-corrected chi connectivity index (χ0v) is 12.5. The van der Waals surface area contributed by atoms with Crippen LogP contribution in [0.5, 0.6) is 0 Å². The number of hydrogen-bond acceptors (Lipinski definition) is 1. The summed E-state index contributed by atoms with van der Waals surface area (Å²) in [4.78, 5) is 12.2. The van der Waals surface area contributed by atoms with Crippen LogP contribution in [-0.4, -0.2) is 5.91 Å². The van der Waals surface area contributed by atoms with Crippen molar-refractivity contribution in [2.24, 2.45) is 5.92 Å². The van der Waals surface area contributed by atoms with Gasteiger partial charge in [0.2, 0.25) is 5.91 Å². The van der Waals surface area contributed by atoms with Gasteiger partial charge in [-0.3, -0.25) is 4.79 Å². The molecule has 3 rings (SSSR count). The minimum Gasteiger partial charge on any atom is -0.325 e. The van der Waals surface area contributed by atoms with Gasteiger partial charge in [-0.2, -0.15) is 0 Å². The monoisotopic (exact) mass is 323 g/mol. The molecule has 1 N–H and O–H groups in total. The van der Waals surface area contributed by atoms with E-state index < -0.39 is 0 Å². The van der Waals surface area contributed by atoms with E-state index in [-0.39, 0.29) is 23.6 Å². The van der Waals surface area contributed by atoms with Gasteiger partial charge in [0.1, 0.15) is 5.82 Å². The van der Waals surface area contributed by atoms with Gasteiger partial charge in [0.05, 0.1) is 10.7 Å². The number of benzene rings is 2. The molecule has 108 valence electrons. The average molecular weight is 324 g/mol. The molecule has 0 radical (unpaired) electrons. The Labute approximate surface area is 131 Å². The van der Waals surface area contributed by atoms with Crippen LogP contribution in [0.1, 0.15) is 17.9 Å². The van der Waals surface area contributed by atoms with Crippen LogP contribution in [0.3, 0.4) is 0 Å². The van der Waals surface area contributed by atoms with Crippen LogP contribution < -0.4 is 5.32 Å². The molecule has 21 heavy (non-hydrogen) atoms. The van der Waals surface area contributed by atoms with Gasteiger partial charge in [-0.15, -0.1) is 0 Å². The molecule has 0 aliphatic heterocycles. The van der Waals surface area contributed by atoms with E-state index >= 15 is 0 Å². The van der Waals surface area contributed by atoms with Crippen LogP contribution >= 0.6 is 23.2 Å². The van der Waals surface area contributed by atoms with Gasteiger partial charge in [-0.05, 0) is 48.2 Å². The van der Waals surface area contributed by atoms with Crippen molar-refractivity contribution >= 4 is 34.8 Å². The lowest BCUT2D eigenvalue weighted by molar-refractivity contribution is -0.117. The van der Waals surface area contributed by atoms with Gasteiger partial charge in [0.15, 0.2) is 0 Å². The van der Waals surface area contributed by atoms with Gasteiger partial charge >= 0.3 is 0 Å². The van der Waals surface area contributed by atoms with E-state index in [1.165, 1.54) is 12.1 Å². The van der Waals surface area contributed by atoms with Crippen molar-refractivity contribution in [1.82, 2.24) is 0 Å². The van der Waals surface area contributed by atoms with Crippen molar-refractivity contribution in [3.63, 3.8) is 0 Å². The minimum atomic E-state index is -0.270. The molecule has 2 aromatic carbocycles. The Morgan fingerprint density at radius 1 is 1.14 bits per heavy atom. The number of carbonyl (C=O) groups excluding carboxylic acids is 1. The SMILES string of the molecule is O=C(Nc1ccc(Cl)cc1Cl)C1CC1c1ccc(F)cc1. The number of amides is 1. The topological polar surface area (TPSA) is 29.1 Å². The molecule has 1 aliphatic carbocycles. The lowest BCUT2D eigenvalue weighted by Crippen LogP contribution is -2.14. The summed E-state index contributed by atoms with van der Waals surface area (Å²) in [6, 6.07) is 11.2. The first-order valence-corrected chi connectivity index (χ1v) is 7.31.